The second-order valence-electron chi connectivity index (χ2n) is 7.65. The van der Waals surface area contributed by atoms with Crippen LogP contribution in [0.25, 0.3) is 0 Å². The third-order valence-corrected chi connectivity index (χ3v) is 5.61. The minimum atomic E-state index is -4.41. The Morgan fingerprint density at radius 1 is 1.13 bits per heavy atom. The highest BCUT2D eigenvalue weighted by Gasteiger charge is 2.48. The predicted octanol–water partition coefficient (Wildman–Crippen LogP) is 2.50. The summed E-state index contributed by atoms with van der Waals surface area (Å²) >= 11 is 0. The predicted molar refractivity (Wildman–Crippen MR) is 95.9 cm³/mol. The van der Waals surface area contributed by atoms with Crippen molar-refractivity contribution in [3.63, 3.8) is 0 Å². The number of piperidine rings is 1. The Kier molecular flexibility index (Phi) is 4.95. The van der Waals surface area contributed by atoms with Crippen LogP contribution in [0.5, 0.6) is 0 Å². The third kappa shape index (κ3) is 3.86. The number of nitrogens with zero attached hydrogens (tertiary/aromatic N) is 2. The van der Waals surface area contributed by atoms with E-state index in [1.165, 1.54) is 34.3 Å². The van der Waals surface area contributed by atoms with E-state index < -0.39 is 41.2 Å². The molecule has 2 fully saturated rings. The van der Waals surface area contributed by atoms with Crippen molar-refractivity contribution in [1.29, 1.82) is 0 Å². The second-order valence-corrected chi connectivity index (χ2v) is 7.65. The van der Waals surface area contributed by atoms with E-state index in [2.05, 4.69) is 0 Å². The molecule has 2 amide bonds. The summed E-state index contributed by atoms with van der Waals surface area (Å²) in [4.78, 5) is 39.4. The fourth-order valence-electron chi connectivity index (χ4n) is 3.91. The third-order valence-electron chi connectivity index (χ3n) is 5.61. The number of rotatable bonds is 3. The number of ether oxygens (including phenoxy) is 2. The largest absolute Gasteiger partial charge is 0.480 e. The quantitative estimate of drug-likeness (QED) is 0.697. The molecule has 0 radical (unpaired) electrons. The van der Waals surface area contributed by atoms with Gasteiger partial charge in [-0.25, -0.2) is 4.79 Å². The van der Waals surface area contributed by atoms with E-state index in [9.17, 15) is 27.6 Å². The molecule has 1 atom stereocenters. The minimum absolute atomic E-state index is 0.136. The average Bonchev–Trinajstić information content (AvgIpc) is 3.25. The topological polar surface area (TPSA) is 76.2 Å². The van der Waals surface area contributed by atoms with Crippen LogP contribution in [0.15, 0.2) is 36.6 Å². The van der Waals surface area contributed by atoms with Gasteiger partial charge in [-0.3, -0.25) is 14.5 Å². The highest BCUT2D eigenvalue weighted by atomic mass is 19.4. The van der Waals surface area contributed by atoms with Crippen LogP contribution in [0, 0.1) is 0 Å². The van der Waals surface area contributed by atoms with Crippen molar-refractivity contribution < 1.29 is 37.0 Å². The summed E-state index contributed by atoms with van der Waals surface area (Å²) in [6.45, 7) is 1.05. The zero-order chi connectivity index (χ0) is 21.5. The van der Waals surface area contributed by atoms with Gasteiger partial charge in [0.15, 0.2) is 0 Å². The minimum Gasteiger partial charge on any atom is -0.480 e. The molecule has 0 aliphatic carbocycles. The van der Waals surface area contributed by atoms with Gasteiger partial charge in [0.2, 0.25) is 11.9 Å². The number of amides is 2. The van der Waals surface area contributed by atoms with Gasteiger partial charge in [0.25, 0.3) is 5.91 Å². The number of carbonyl (C=O) groups is 3. The van der Waals surface area contributed by atoms with Crippen molar-refractivity contribution in [2.45, 2.75) is 37.3 Å². The lowest BCUT2D eigenvalue weighted by atomic mass is 9.91. The van der Waals surface area contributed by atoms with Crippen LogP contribution < -0.4 is 0 Å². The molecule has 10 heteroatoms. The number of ketones is 1. The van der Waals surface area contributed by atoms with E-state index in [1.807, 2.05) is 0 Å². The zero-order valence-electron chi connectivity index (χ0n) is 15.9. The van der Waals surface area contributed by atoms with Crippen LogP contribution in [0.4, 0.5) is 18.0 Å². The molecule has 3 heterocycles. The Balaban J connectivity index is 1.35. The van der Waals surface area contributed by atoms with Gasteiger partial charge in [-0.2, -0.15) is 13.2 Å². The number of carbonyl (C=O) groups excluding carboxylic acids is 3. The molecular weight excluding hydrogens is 405 g/mol. The SMILES string of the molecule is O=C1C=COC1C(=O)N1CCC2(CC1)CN(Cc1ccc(C(F)(F)F)cc1)C(=O)O2. The van der Waals surface area contributed by atoms with Crippen LogP contribution in [0.3, 0.4) is 0 Å². The summed E-state index contributed by atoms with van der Waals surface area (Å²) in [5.74, 6) is -0.805. The van der Waals surface area contributed by atoms with Crippen molar-refractivity contribution in [1.82, 2.24) is 9.80 Å². The molecule has 2 saturated heterocycles. The van der Waals surface area contributed by atoms with E-state index in [0.717, 1.165) is 12.1 Å². The standard InChI is InChI=1S/C20H19F3N2O5/c21-20(22,23)14-3-1-13(2-4-14)11-25-12-19(30-18(25)28)6-8-24(9-7-19)17(27)16-15(26)5-10-29-16/h1-5,10,16H,6-9,11-12H2. The Hall–Kier alpha value is -3.04. The molecule has 0 aromatic heterocycles. The summed E-state index contributed by atoms with van der Waals surface area (Å²) in [7, 11) is 0. The molecule has 7 nitrogen and oxygen atoms in total. The van der Waals surface area contributed by atoms with E-state index in [1.54, 1.807) is 0 Å². The molecule has 1 spiro atoms. The number of halogens is 3. The molecule has 1 aromatic carbocycles. The first-order chi connectivity index (χ1) is 14.2. The molecule has 3 aliphatic heterocycles. The van der Waals surface area contributed by atoms with E-state index in [4.69, 9.17) is 9.47 Å². The van der Waals surface area contributed by atoms with Gasteiger partial charge >= 0.3 is 12.3 Å². The van der Waals surface area contributed by atoms with Gasteiger partial charge in [0.05, 0.1) is 18.4 Å². The first-order valence-corrected chi connectivity index (χ1v) is 9.46. The molecule has 4 rings (SSSR count). The van der Waals surface area contributed by atoms with Crippen LogP contribution in [-0.4, -0.2) is 58.9 Å². The summed E-state index contributed by atoms with van der Waals surface area (Å²) in [6.07, 6.45) is -2.86. The Morgan fingerprint density at radius 2 is 1.80 bits per heavy atom. The Labute approximate surface area is 170 Å². The Morgan fingerprint density at radius 3 is 2.37 bits per heavy atom. The monoisotopic (exact) mass is 424 g/mol. The molecule has 160 valence electrons. The number of alkyl halides is 3. The lowest BCUT2D eigenvalue weighted by Crippen LogP contribution is -2.52. The van der Waals surface area contributed by atoms with Gasteiger partial charge in [0.1, 0.15) is 5.60 Å². The van der Waals surface area contributed by atoms with Crippen LogP contribution in [-0.2, 0) is 31.8 Å². The molecule has 0 N–H and O–H groups in total. The number of benzene rings is 1. The van der Waals surface area contributed by atoms with Crippen molar-refractivity contribution in [3.05, 3.63) is 47.7 Å². The number of likely N-dealkylation sites (tertiary alicyclic amines) is 1. The van der Waals surface area contributed by atoms with Crippen LogP contribution in [0.1, 0.15) is 24.0 Å². The van der Waals surface area contributed by atoms with Gasteiger partial charge in [-0.1, -0.05) is 12.1 Å². The van der Waals surface area contributed by atoms with Crippen molar-refractivity contribution in [2.24, 2.45) is 0 Å². The Bertz CT molecular complexity index is 889. The van der Waals surface area contributed by atoms with Gasteiger partial charge in [0, 0.05) is 38.6 Å². The zero-order valence-corrected chi connectivity index (χ0v) is 15.9. The normalized spacial score (nSPS) is 23.1. The molecule has 0 bridgehead atoms. The lowest BCUT2D eigenvalue weighted by molar-refractivity contribution is -0.147. The van der Waals surface area contributed by atoms with E-state index in [0.29, 0.717) is 31.5 Å². The molecular formula is C20H19F3N2O5. The van der Waals surface area contributed by atoms with Crippen molar-refractivity contribution in [2.75, 3.05) is 19.6 Å². The fraction of sp³-hybridized carbons (Fsp3) is 0.450. The number of hydrogen-bond acceptors (Lipinski definition) is 5. The van der Waals surface area contributed by atoms with Gasteiger partial charge < -0.3 is 14.4 Å². The van der Waals surface area contributed by atoms with Gasteiger partial charge in [-0.15, -0.1) is 0 Å². The highest BCUT2D eigenvalue weighted by molar-refractivity contribution is 6.10. The highest BCUT2D eigenvalue weighted by Crippen LogP contribution is 2.35. The summed E-state index contributed by atoms with van der Waals surface area (Å²) < 4.78 is 48.7. The lowest BCUT2D eigenvalue weighted by Gasteiger charge is -2.37. The number of hydrogen-bond donors (Lipinski definition) is 0. The molecule has 1 aromatic rings. The maximum atomic E-state index is 12.7. The van der Waals surface area contributed by atoms with E-state index in [-0.39, 0.29) is 13.1 Å². The maximum absolute atomic E-state index is 12.7. The van der Waals surface area contributed by atoms with Crippen LogP contribution in [0.2, 0.25) is 0 Å². The van der Waals surface area contributed by atoms with Gasteiger partial charge in [-0.05, 0) is 17.7 Å². The molecule has 3 aliphatic rings. The first kappa shape index (κ1) is 20.2. The summed E-state index contributed by atoms with van der Waals surface area (Å²) in [5.41, 5.74) is -0.934. The van der Waals surface area contributed by atoms with Crippen molar-refractivity contribution in [3.8, 4) is 0 Å². The summed E-state index contributed by atoms with van der Waals surface area (Å²) in [6, 6.07) is 4.65. The maximum Gasteiger partial charge on any atom is 0.416 e. The summed E-state index contributed by atoms with van der Waals surface area (Å²) in [5, 5.41) is 0. The first-order valence-electron chi connectivity index (χ1n) is 9.46. The van der Waals surface area contributed by atoms with E-state index >= 15 is 0 Å². The van der Waals surface area contributed by atoms with Crippen LogP contribution >= 0.6 is 0 Å². The molecule has 1 unspecified atom stereocenters. The molecule has 30 heavy (non-hydrogen) atoms. The molecule has 0 saturated carbocycles. The second kappa shape index (κ2) is 7.33. The smallest absolute Gasteiger partial charge is 0.416 e. The fourth-order valence-corrected chi connectivity index (χ4v) is 3.91. The average molecular weight is 424 g/mol. The van der Waals surface area contributed by atoms with Crippen molar-refractivity contribution >= 4 is 17.8 Å².